The van der Waals surface area contributed by atoms with Crippen LogP contribution in [-0.2, 0) is 23.1 Å². The maximum absolute atomic E-state index is 12.0. The van der Waals surface area contributed by atoms with E-state index in [1.807, 2.05) is 17.8 Å². The third-order valence-corrected chi connectivity index (χ3v) is 3.90. The number of carbonyl (C=O) groups excluding carboxylic acids is 2. The number of nitrogens with one attached hydrogen (secondary N) is 1. The van der Waals surface area contributed by atoms with E-state index in [4.69, 9.17) is 0 Å². The van der Waals surface area contributed by atoms with Gasteiger partial charge in [0, 0.05) is 32.4 Å². The van der Waals surface area contributed by atoms with Gasteiger partial charge in [-0.25, -0.2) is 4.98 Å². The molecule has 0 bridgehead atoms. The first-order valence-electron chi connectivity index (χ1n) is 6.70. The monoisotopic (exact) mass is 262 g/mol. The molecule has 19 heavy (non-hydrogen) atoms. The molecule has 0 aromatic carbocycles. The number of amides is 2. The summed E-state index contributed by atoms with van der Waals surface area (Å²) in [5.74, 6) is 1.31. The Morgan fingerprint density at radius 1 is 1.42 bits per heavy atom. The molecule has 1 saturated carbocycles. The Morgan fingerprint density at radius 2 is 2.21 bits per heavy atom. The van der Waals surface area contributed by atoms with Crippen LogP contribution >= 0.6 is 0 Å². The molecule has 3 rings (SSSR count). The molecule has 2 fully saturated rings. The van der Waals surface area contributed by atoms with E-state index in [9.17, 15) is 9.59 Å². The molecule has 2 heterocycles. The van der Waals surface area contributed by atoms with Crippen molar-refractivity contribution in [2.45, 2.75) is 25.3 Å². The van der Waals surface area contributed by atoms with E-state index in [2.05, 4.69) is 10.3 Å². The summed E-state index contributed by atoms with van der Waals surface area (Å²) in [6.07, 6.45) is 6.41. The van der Waals surface area contributed by atoms with E-state index in [1.165, 1.54) is 0 Å². The number of hydrogen-bond acceptors (Lipinski definition) is 3. The highest BCUT2D eigenvalue weighted by Crippen LogP contribution is 2.36. The zero-order valence-electron chi connectivity index (χ0n) is 11.0. The van der Waals surface area contributed by atoms with Gasteiger partial charge in [-0.15, -0.1) is 0 Å². The Hall–Kier alpha value is -1.85. The van der Waals surface area contributed by atoms with Crippen LogP contribution in [0.3, 0.4) is 0 Å². The molecule has 0 radical (unpaired) electrons. The Balaban J connectivity index is 1.71. The lowest BCUT2D eigenvalue weighted by molar-refractivity contribution is -0.146. The smallest absolute Gasteiger partial charge is 0.243 e. The number of aryl methyl sites for hydroxylation is 1. The number of aromatic nitrogens is 2. The van der Waals surface area contributed by atoms with Crippen LogP contribution < -0.4 is 5.32 Å². The summed E-state index contributed by atoms with van der Waals surface area (Å²) in [7, 11) is 1.94. The van der Waals surface area contributed by atoms with Crippen molar-refractivity contribution in [2.75, 3.05) is 13.1 Å². The summed E-state index contributed by atoms with van der Waals surface area (Å²) in [6.45, 7) is 0.695. The van der Waals surface area contributed by atoms with E-state index in [-0.39, 0.29) is 24.4 Å². The highest BCUT2D eigenvalue weighted by atomic mass is 16.2. The molecule has 1 atom stereocenters. The van der Waals surface area contributed by atoms with Gasteiger partial charge >= 0.3 is 0 Å². The van der Waals surface area contributed by atoms with Crippen LogP contribution in [0, 0.1) is 5.92 Å². The molecule has 1 saturated heterocycles. The summed E-state index contributed by atoms with van der Waals surface area (Å²) in [5.41, 5.74) is 0. The third kappa shape index (κ3) is 2.34. The number of rotatable bonds is 4. The molecule has 2 amide bonds. The van der Waals surface area contributed by atoms with E-state index in [0.717, 1.165) is 18.7 Å². The minimum absolute atomic E-state index is 0.00180. The molecule has 1 aromatic rings. The second-order valence-electron chi connectivity index (χ2n) is 5.29. The minimum Gasteiger partial charge on any atom is -0.345 e. The molecular formula is C13H18N4O2. The standard InChI is InChI=1S/C13H18N4O2/c1-16-7-5-14-10(16)4-6-17-11(18)8-15-13(19)12(17)9-2-3-9/h5,7,9,12H,2-4,6,8H2,1H3,(H,15,19). The first kappa shape index (κ1) is 12.2. The maximum atomic E-state index is 12.0. The normalized spacial score (nSPS) is 23.6. The number of nitrogens with zero attached hydrogens (tertiary/aromatic N) is 3. The highest BCUT2D eigenvalue weighted by Gasteiger charge is 2.44. The largest absolute Gasteiger partial charge is 0.345 e. The van der Waals surface area contributed by atoms with Gasteiger partial charge in [-0.3, -0.25) is 9.59 Å². The fraction of sp³-hybridized carbons (Fsp3) is 0.615. The van der Waals surface area contributed by atoms with E-state index >= 15 is 0 Å². The fourth-order valence-electron chi connectivity index (χ4n) is 2.67. The Labute approximate surface area is 111 Å². The van der Waals surface area contributed by atoms with Crippen LogP contribution in [0.2, 0.25) is 0 Å². The van der Waals surface area contributed by atoms with Gasteiger partial charge in [-0.1, -0.05) is 0 Å². The molecule has 6 nitrogen and oxygen atoms in total. The molecule has 0 spiro atoms. The third-order valence-electron chi connectivity index (χ3n) is 3.90. The SMILES string of the molecule is Cn1ccnc1CCN1C(=O)CNC(=O)C1C1CC1. The first-order chi connectivity index (χ1) is 9.16. The van der Waals surface area contributed by atoms with E-state index in [0.29, 0.717) is 18.9 Å². The van der Waals surface area contributed by atoms with Crippen molar-refractivity contribution >= 4 is 11.8 Å². The van der Waals surface area contributed by atoms with Crippen LogP contribution in [0.5, 0.6) is 0 Å². The van der Waals surface area contributed by atoms with Crippen molar-refractivity contribution in [3.8, 4) is 0 Å². The van der Waals surface area contributed by atoms with Crippen LogP contribution in [0.4, 0.5) is 0 Å². The van der Waals surface area contributed by atoms with E-state index in [1.54, 1.807) is 11.1 Å². The summed E-state index contributed by atoms with van der Waals surface area (Å²) in [4.78, 5) is 29.9. The van der Waals surface area contributed by atoms with Crippen molar-refractivity contribution in [2.24, 2.45) is 13.0 Å². The predicted octanol–water partition coefficient (Wildman–Crippen LogP) is -0.300. The minimum atomic E-state index is -0.262. The highest BCUT2D eigenvalue weighted by molar-refractivity contribution is 5.95. The summed E-state index contributed by atoms with van der Waals surface area (Å²) < 4.78 is 1.95. The molecule has 6 heteroatoms. The maximum Gasteiger partial charge on any atom is 0.243 e. The Kier molecular flexibility index (Phi) is 3.00. The van der Waals surface area contributed by atoms with Gasteiger partial charge in [0.2, 0.25) is 11.8 Å². The molecule has 1 N–H and O–H groups in total. The van der Waals surface area contributed by atoms with Gasteiger partial charge in [-0.05, 0) is 18.8 Å². The topological polar surface area (TPSA) is 67.2 Å². The van der Waals surface area contributed by atoms with Gasteiger partial charge in [0.15, 0.2) is 0 Å². The van der Waals surface area contributed by atoms with Gasteiger partial charge in [-0.2, -0.15) is 0 Å². The van der Waals surface area contributed by atoms with Crippen LogP contribution in [0.1, 0.15) is 18.7 Å². The molecular weight excluding hydrogens is 244 g/mol. The summed E-state index contributed by atoms with van der Waals surface area (Å²) in [6, 6.07) is -0.262. The average Bonchev–Trinajstić information content (AvgIpc) is 3.14. The van der Waals surface area contributed by atoms with Gasteiger partial charge in [0.05, 0.1) is 6.54 Å². The fourth-order valence-corrected chi connectivity index (χ4v) is 2.67. The lowest BCUT2D eigenvalue weighted by Gasteiger charge is -2.35. The molecule has 1 aliphatic heterocycles. The number of hydrogen-bond donors (Lipinski definition) is 1. The van der Waals surface area contributed by atoms with Crippen molar-refractivity contribution in [3.05, 3.63) is 18.2 Å². The molecule has 102 valence electrons. The second-order valence-corrected chi connectivity index (χ2v) is 5.29. The molecule has 1 unspecified atom stereocenters. The number of carbonyl (C=O) groups is 2. The molecule has 1 aromatic heterocycles. The van der Waals surface area contributed by atoms with Gasteiger partial charge in [0.1, 0.15) is 11.9 Å². The van der Waals surface area contributed by atoms with Crippen molar-refractivity contribution in [1.29, 1.82) is 0 Å². The van der Waals surface area contributed by atoms with Gasteiger partial charge < -0.3 is 14.8 Å². The Morgan fingerprint density at radius 3 is 2.84 bits per heavy atom. The van der Waals surface area contributed by atoms with E-state index < -0.39 is 0 Å². The molecule has 1 aliphatic carbocycles. The predicted molar refractivity (Wildman–Crippen MR) is 68.1 cm³/mol. The van der Waals surface area contributed by atoms with Crippen molar-refractivity contribution in [3.63, 3.8) is 0 Å². The summed E-state index contributed by atoms with van der Waals surface area (Å²) in [5, 5.41) is 2.69. The van der Waals surface area contributed by atoms with Gasteiger partial charge in [0.25, 0.3) is 0 Å². The lowest BCUT2D eigenvalue weighted by atomic mass is 10.1. The summed E-state index contributed by atoms with van der Waals surface area (Å²) >= 11 is 0. The van der Waals surface area contributed by atoms with Crippen molar-refractivity contribution < 1.29 is 9.59 Å². The zero-order chi connectivity index (χ0) is 13.4. The second kappa shape index (κ2) is 4.68. The quantitative estimate of drug-likeness (QED) is 0.810. The van der Waals surface area contributed by atoms with Crippen LogP contribution in [0.25, 0.3) is 0 Å². The van der Waals surface area contributed by atoms with Crippen molar-refractivity contribution in [1.82, 2.24) is 19.8 Å². The number of piperazine rings is 1. The molecule has 2 aliphatic rings. The zero-order valence-corrected chi connectivity index (χ0v) is 11.0. The first-order valence-corrected chi connectivity index (χ1v) is 6.70. The lowest BCUT2D eigenvalue weighted by Crippen LogP contribution is -2.59. The van der Waals surface area contributed by atoms with Crippen LogP contribution in [0.15, 0.2) is 12.4 Å². The average molecular weight is 262 g/mol. The number of imidazole rings is 1. The van der Waals surface area contributed by atoms with Crippen LogP contribution in [-0.4, -0.2) is 45.4 Å². The Bertz CT molecular complexity index is 506.